The van der Waals surface area contributed by atoms with Crippen LogP contribution in [0, 0.1) is 29.1 Å². The van der Waals surface area contributed by atoms with Gasteiger partial charge in [0.05, 0.1) is 10.7 Å². The topological polar surface area (TPSA) is 35.6 Å². The van der Waals surface area contributed by atoms with E-state index in [1.54, 1.807) is 48.5 Å². The summed E-state index contributed by atoms with van der Waals surface area (Å²) >= 11 is 12.7. The van der Waals surface area contributed by atoms with E-state index in [1.807, 2.05) is 11.0 Å². The van der Waals surface area contributed by atoms with E-state index < -0.39 is 34.8 Å². The predicted molar refractivity (Wildman–Crippen MR) is 139 cm³/mol. The Hall–Kier alpha value is -3.56. The van der Waals surface area contributed by atoms with Crippen molar-refractivity contribution in [3.63, 3.8) is 0 Å². The molecule has 11 heteroatoms. The number of anilines is 3. The molecule has 1 N–H and O–H groups in total. The maximum Gasteiger partial charge on any atom is 0.256 e. The van der Waals surface area contributed by atoms with E-state index in [-0.39, 0.29) is 32.1 Å². The fraction of sp³-hybridized carbons (Fsp3) is 0.148. The van der Waals surface area contributed by atoms with Gasteiger partial charge in [-0.05, 0) is 35.7 Å². The first-order chi connectivity index (χ1) is 18.2. The first-order valence-corrected chi connectivity index (χ1v) is 12.2. The van der Waals surface area contributed by atoms with E-state index in [4.69, 9.17) is 23.2 Å². The first-order valence-electron chi connectivity index (χ1n) is 11.5. The van der Waals surface area contributed by atoms with Gasteiger partial charge in [0.25, 0.3) is 5.91 Å². The molecule has 1 heterocycles. The van der Waals surface area contributed by atoms with Gasteiger partial charge in [-0.15, -0.1) is 0 Å². The van der Waals surface area contributed by atoms with Crippen LogP contribution >= 0.6 is 23.2 Å². The van der Waals surface area contributed by atoms with Crippen molar-refractivity contribution >= 4 is 56.9 Å². The molecule has 4 aromatic rings. The zero-order valence-electron chi connectivity index (χ0n) is 19.5. The number of halogens is 7. The van der Waals surface area contributed by atoms with Crippen LogP contribution in [0.25, 0.3) is 10.8 Å². The molecule has 1 saturated heterocycles. The van der Waals surface area contributed by atoms with Gasteiger partial charge in [-0.3, -0.25) is 4.79 Å². The number of hydrogen-bond donors (Lipinski definition) is 1. The smallest absolute Gasteiger partial charge is 0.256 e. The Morgan fingerprint density at radius 1 is 0.684 bits per heavy atom. The highest BCUT2D eigenvalue weighted by molar-refractivity contribution is 6.36. The Labute approximate surface area is 224 Å². The minimum Gasteiger partial charge on any atom is -0.367 e. The number of nitrogens with zero attached hydrogens (tertiary/aromatic N) is 2. The van der Waals surface area contributed by atoms with Crippen LogP contribution in [0.1, 0.15) is 10.4 Å². The van der Waals surface area contributed by atoms with Crippen LogP contribution in [0.15, 0.2) is 54.6 Å². The molecule has 0 spiro atoms. The molecule has 1 amide bonds. The molecule has 38 heavy (non-hydrogen) atoms. The molecule has 0 radical (unpaired) electrons. The molecule has 4 aromatic carbocycles. The molecule has 0 aliphatic carbocycles. The summed E-state index contributed by atoms with van der Waals surface area (Å²) in [6.07, 6.45) is 0. The SMILES string of the molecule is O=C(Nc1ccc(N2CCN(c3c(F)c(F)c(F)c(F)c3F)CC2)c(Cl)c1)c1cccc2c(Cl)cccc12. The van der Waals surface area contributed by atoms with Crippen molar-refractivity contribution in [1.29, 1.82) is 0 Å². The molecule has 1 aliphatic heterocycles. The van der Waals surface area contributed by atoms with Gasteiger partial charge in [-0.25, -0.2) is 22.0 Å². The predicted octanol–water partition coefficient (Wildman–Crippen LogP) is 7.42. The summed E-state index contributed by atoms with van der Waals surface area (Å²) in [5, 5.41) is 5.12. The van der Waals surface area contributed by atoms with Crippen LogP contribution < -0.4 is 15.1 Å². The number of nitrogens with one attached hydrogen (secondary N) is 1. The van der Waals surface area contributed by atoms with Crippen LogP contribution in [-0.2, 0) is 0 Å². The summed E-state index contributed by atoms with van der Waals surface area (Å²) in [6, 6.07) is 15.5. The highest BCUT2D eigenvalue weighted by Gasteiger charge is 2.31. The second kappa shape index (κ2) is 10.3. The van der Waals surface area contributed by atoms with Crippen molar-refractivity contribution in [3.8, 4) is 0 Å². The van der Waals surface area contributed by atoms with Crippen molar-refractivity contribution in [1.82, 2.24) is 0 Å². The number of carbonyl (C=O) groups excluding carboxylic acids is 1. The zero-order chi connectivity index (χ0) is 27.1. The fourth-order valence-electron chi connectivity index (χ4n) is 4.55. The van der Waals surface area contributed by atoms with Crippen LogP contribution in [-0.4, -0.2) is 32.1 Å². The first kappa shape index (κ1) is 26.1. The molecule has 1 aliphatic rings. The maximum atomic E-state index is 14.2. The summed E-state index contributed by atoms with van der Waals surface area (Å²) in [7, 11) is 0. The van der Waals surface area contributed by atoms with Crippen molar-refractivity contribution in [2.24, 2.45) is 0 Å². The molecule has 1 fully saturated rings. The highest BCUT2D eigenvalue weighted by Crippen LogP contribution is 2.34. The van der Waals surface area contributed by atoms with Crippen LogP contribution in [0.3, 0.4) is 0 Å². The summed E-state index contributed by atoms with van der Waals surface area (Å²) < 4.78 is 69.1. The second-order valence-corrected chi connectivity index (χ2v) is 9.47. The average Bonchev–Trinajstić information content (AvgIpc) is 2.91. The number of carbonyl (C=O) groups is 1. The van der Waals surface area contributed by atoms with Gasteiger partial charge >= 0.3 is 0 Å². The van der Waals surface area contributed by atoms with Gasteiger partial charge < -0.3 is 15.1 Å². The molecular weight excluding hydrogens is 548 g/mol. The lowest BCUT2D eigenvalue weighted by molar-refractivity contribution is 0.102. The second-order valence-electron chi connectivity index (χ2n) is 8.65. The van der Waals surface area contributed by atoms with Crippen molar-refractivity contribution in [3.05, 3.63) is 99.3 Å². The van der Waals surface area contributed by atoms with E-state index in [0.29, 0.717) is 32.4 Å². The molecular formula is C27H18Cl2F5N3O. The van der Waals surface area contributed by atoms with Gasteiger partial charge in [-0.2, -0.15) is 0 Å². The highest BCUT2D eigenvalue weighted by atomic mass is 35.5. The summed E-state index contributed by atoms with van der Waals surface area (Å²) in [6.45, 7) is 0.414. The number of benzene rings is 4. The number of piperazine rings is 1. The fourth-order valence-corrected chi connectivity index (χ4v) is 5.09. The number of fused-ring (bicyclic) bond motifs is 1. The Morgan fingerprint density at radius 3 is 1.92 bits per heavy atom. The van der Waals surface area contributed by atoms with Crippen molar-refractivity contribution in [2.45, 2.75) is 0 Å². The van der Waals surface area contributed by atoms with Gasteiger partial charge in [0.2, 0.25) is 5.82 Å². The number of amides is 1. The molecule has 0 unspecified atom stereocenters. The van der Waals surface area contributed by atoms with E-state index in [1.165, 1.54) is 0 Å². The monoisotopic (exact) mass is 565 g/mol. The molecule has 4 nitrogen and oxygen atoms in total. The molecule has 0 aromatic heterocycles. The van der Waals surface area contributed by atoms with Crippen molar-refractivity contribution < 1.29 is 26.7 Å². The summed E-state index contributed by atoms with van der Waals surface area (Å²) in [4.78, 5) is 15.9. The standard InChI is InChI=1S/C27H18Cl2F5N3O/c28-18-6-2-3-15-16(18)4-1-5-17(15)27(38)35-14-7-8-20(19(29)13-14)36-9-11-37(12-10-36)26-24(33)22(31)21(30)23(32)25(26)34/h1-8,13H,9-12H2,(H,35,38). The van der Waals surface area contributed by atoms with E-state index in [9.17, 15) is 26.7 Å². The zero-order valence-corrected chi connectivity index (χ0v) is 21.0. The molecule has 0 atom stereocenters. The number of rotatable bonds is 4. The third kappa shape index (κ3) is 4.61. The molecule has 5 rings (SSSR count). The van der Waals surface area contributed by atoms with E-state index >= 15 is 0 Å². The quantitative estimate of drug-likeness (QED) is 0.159. The lowest BCUT2D eigenvalue weighted by Crippen LogP contribution is -2.47. The largest absolute Gasteiger partial charge is 0.367 e. The van der Waals surface area contributed by atoms with Crippen LogP contribution in [0.5, 0.6) is 0 Å². The van der Waals surface area contributed by atoms with Gasteiger partial charge in [0.1, 0.15) is 5.69 Å². The Kier molecular flexibility index (Phi) is 7.07. The maximum absolute atomic E-state index is 14.2. The minimum atomic E-state index is -2.19. The lowest BCUT2D eigenvalue weighted by atomic mass is 10.0. The van der Waals surface area contributed by atoms with Gasteiger partial charge in [-0.1, -0.05) is 47.5 Å². The van der Waals surface area contributed by atoms with Gasteiger partial charge in [0, 0.05) is 47.8 Å². The van der Waals surface area contributed by atoms with Crippen LogP contribution in [0.4, 0.5) is 39.0 Å². The van der Waals surface area contributed by atoms with E-state index in [0.717, 1.165) is 10.3 Å². The Balaban J connectivity index is 1.30. The minimum absolute atomic E-state index is 0.00317. The molecule has 0 bridgehead atoms. The van der Waals surface area contributed by atoms with Crippen molar-refractivity contribution in [2.75, 3.05) is 41.3 Å². The Bertz CT molecular complexity index is 1550. The normalized spacial score (nSPS) is 13.8. The lowest BCUT2D eigenvalue weighted by Gasteiger charge is -2.38. The summed E-state index contributed by atoms with van der Waals surface area (Å²) in [5.41, 5.74) is 0.538. The molecule has 0 saturated carbocycles. The third-order valence-electron chi connectivity index (χ3n) is 6.44. The van der Waals surface area contributed by atoms with Crippen LogP contribution in [0.2, 0.25) is 10.0 Å². The molecule has 196 valence electrons. The number of hydrogen-bond acceptors (Lipinski definition) is 3. The average molecular weight is 566 g/mol. The van der Waals surface area contributed by atoms with Gasteiger partial charge in [0.15, 0.2) is 23.3 Å². The third-order valence-corrected chi connectivity index (χ3v) is 7.07. The van der Waals surface area contributed by atoms with E-state index in [2.05, 4.69) is 5.32 Å². The Morgan fingerprint density at radius 2 is 1.26 bits per heavy atom. The summed E-state index contributed by atoms with van der Waals surface area (Å²) in [5.74, 6) is -10.2.